The molecule has 3 saturated heterocycles. The second-order valence-corrected chi connectivity index (χ2v) is 17.6. The molecule has 4 aliphatic heterocycles. The number of amides is 2. The predicted molar refractivity (Wildman–Crippen MR) is 193 cm³/mol. The summed E-state index contributed by atoms with van der Waals surface area (Å²) in [4.78, 5) is 33.2. The highest BCUT2D eigenvalue weighted by atomic mass is 32.2. The molecule has 11 heteroatoms. The summed E-state index contributed by atoms with van der Waals surface area (Å²) in [6.45, 7) is 2.93. The predicted octanol–water partition coefficient (Wildman–Crippen LogP) is 5.62. The Balaban J connectivity index is 1.18. The van der Waals surface area contributed by atoms with Gasteiger partial charge in [-0.15, -0.1) is 0 Å². The average Bonchev–Trinajstić information content (AvgIpc) is 3.76. The number of fused-ring (bicyclic) bond motifs is 9. The maximum Gasteiger partial charge on any atom is 0.304 e. The minimum absolute atomic E-state index is 0.0766. The lowest BCUT2D eigenvalue weighted by molar-refractivity contribution is -0.141. The van der Waals surface area contributed by atoms with Crippen molar-refractivity contribution in [1.29, 1.82) is 0 Å². The number of likely N-dealkylation sites (tertiary alicyclic amines) is 1. The van der Waals surface area contributed by atoms with Crippen molar-refractivity contribution in [3.63, 3.8) is 0 Å². The van der Waals surface area contributed by atoms with Crippen LogP contribution in [0.25, 0.3) is 22.2 Å². The van der Waals surface area contributed by atoms with E-state index in [0.717, 1.165) is 92.4 Å². The number of ether oxygens (including phenoxy) is 1. The van der Waals surface area contributed by atoms with Gasteiger partial charge in [-0.1, -0.05) is 31.7 Å². The number of rotatable bonds is 6. The van der Waals surface area contributed by atoms with Gasteiger partial charge in [0.15, 0.2) is 0 Å². The molecule has 50 heavy (non-hydrogen) atoms. The second-order valence-electron chi connectivity index (χ2n) is 15.9. The van der Waals surface area contributed by atoms with Crippen molar-refractivity contribution >= 4 is 32.9 Å². The van der Waals surface area contributed by atoms with E-state index in [1.54, 1.807) is 13.2 Å². The van der Waals surface area contributed by atoms with Crippen molar-refractivity contribution in [2.45, 2.75) is 101 Å². The third kappa shape index (κ3) is 5.12. The zero-order chi connectivity index (χ0) is 34.4. The quantitative estimate of drug-likeness (QED) is 0.359. The van der Waals surface area contributed by atoms with Gasteiger partial charge in [-0.05, 0) is 99.4 Å². The number of nitrogens with one attached hydrogen (secondary N) is 1. The van der Waals surface area contributed by atoms with Crippen molar-refractivity contribution in [3.8, 4) is 17.0 Å². The summed E-state index contributed by atoms with van der Waals surface area (Å²) in [5, 5.41) is 1.10. The molecule has 2 amide bonds. The number of methoxy groups -OCH3 is 1. The van der Waals surface area contributed by atoms with E-state index in [9.17, 15) is 18.0 Å². The van der Waals surface area contributed by atoms with Crippen LogP contribution in [0.5, 0.6) is 5.75 Å². The summed E-state index contributed by atoms with van der Waals surface area (Å²) in [7, 11) is -0.0456. The van der Waals surface area contributed by atoms with Crippen LogP contribution in [0, 0.1) is 5.41 Å². The van der Waals surface area contributed by atoms with Crippen molar-refractivity contribution in [2.24, 2.45) is 5.41 Å². The lowest BCUT2D eigenvalue weighted by atomic mass is 9.81. The van der Waals surface area contributed by atoms with Gasteiger partial charge in [0.25, 0.3) is 5.91 Å². The number of piperazine rings is 1. The highest BCUT2D eigenvalue weighted by Gasteiger charge is 2.64. The van der Waals surface area contributed by atoms with Crippen molar-refractivity contribution in [2.75, 3.05) is 40.3 Å². The number of piperidine rings is 1. The zero-order valence-corrected chi connectivity index (χ0v) is 30.1. The van der Waals surface area contributed by atoms with Gasteiger partial charge in [0.1, 0.15) is 5.75 Å². The van der Waals surface area contributed by atoms with Crippen molar-refractivity contribution in [3.05, 3.63) is 53.1 Å². The summed E-state index contributed by atoms with van der Waals surface area (Å²) in [5.41, 5.74) is 5.42. The average molecular weight is 700 g/mol. The molecule has 1 aromatic heterocycles. The number of carbonyl (C=O) groups excluding carboxylic acids is 2. The van der Waals surface area contributed by atoms with Crippen molar-refractivity contribution < 1.29 is 22.7 Å². The Morgan fingerprint density at radius 1 is 0.900 bits per heavy atom. The van der Waals surface area contributed by atoms with Gasteiger partial charge >= 0.3 is 10.2 Å². The first-order valence-electron chi connectivity index (χ1n) is 18.9. The van der Waals surface area contributed by atoms with E-state index in [-0.39, 0.29) is 11.8 Å². The SMILES string of the molecule is COc1ccc2c(c1)C1CC1(C(=O)N1CC3CCC(C1)N3C)Cn1c-2c(C2CCCCC2)c2ccc(C(=O)NS(=O)(=O)N3CCCCC3)cc21. The molecule has 0 spiro atoms. The smallest absolute Gasteiger partial charge is 0.304 e. The van der Waals surface area contributed by atoms with Crippen LogP contribution in [0.3, 0.4) is 0 Å². The number of carbonyl (C=O) groups is 2. The van der Waals surface area contributed by atoms with Crippen LogP contribution in [0.15, 0.2) is 36.4 Å². The van der Waals surface area contributed by atoms with Crippen molar-refractivity contribution in [1.82, 2.24) is 23.4 Å². The summed E-state index contributed by atoms with van der Waals surface area (Å²) in [5.74, 6) is 0.872. The first kappa shape index (κ1) is 32.5. The van der Waals surface area contributed by atoms with E-state index < -0.39 is 21.5 Å². The number of benzene rings is 2. The van der Waals surface area contributed by atoms with Crippen LogP contribution in [0.4, 0.5) is 0 Å². The molecule has 266 valence electrons. The maximum atomic E-state index is 14.9. The first-order chi connectivity index (χ1) is 24.2. The molecule has 5 fully saturated rings. The molecule has 10 nitrogen and oxygen atoms in total. The summed E-state index contributed by atoms with van der Waals surface area (Å²) in [6, 6.07) is 12.9. The van der Waals surface area contributed by atoms with Crippen LogP contribution in [-0.2, 0) is 21.5 Å². The normalized spacial score (nSPS) is 28.4. The highest BCUT2D eigenvalue weighted by Crippen LogP contribution is 2.66. The molecule has 2 bridgehead atoms. The highest BCUT2D eigenvalue weighted by molar-refractivity contribution is 7.87. The van der Waals surface area contributed by atoms with Gasteiger partial charge in [-0.3, -0.25) is 14.5 Å². The minimum Gasteiger partial charge on any atom is -0.497 e. The van der Waals surface area contributed by atoms with Crippen LogP contribution in [0.2, 0.25) is 0 Å². The third-order valence-electron chi connectivity index (χ3n) is 13.2. The van der Waals surface area contributed by atoms with E-state index in [4.69, 9.17) is 4.74 Å². The van der Waals surface area contributed by atoms with Gasteiger partial charge in [0.2, 0.25) is 5.91 Å². The third-order valence-corrected chi connectivity index (χ3v) is 14.7. The molecule has 6 aliphatic rings. The van der Waals surface area contributed by atoms with Gasteiger partial charge < -0.3 is 14.2 Å². The topological polar surface area (TPSA) is 104 Å². The first-order valence-corrected chi connectivity index (χ1v) is 20.3. The molecule has 9 rings (SSSR count). The Morgan fingerprint density at radius 3 is 2.34 bits per heavy atom. The number of likely N-dealkylation sites (N-methyl/N-ethyl adjacent to an activating group) is 1. The Bertz CT molecular complexity index is 1970. The molecule has 2 aromatic carbocycles. The van der Waals surface area contributed by atoms with Gasteiger partial charge in [0.05, 0.1) is 18.2 Å². The molecule has 4 atom stereocenters. The van der Waals surface area contributed by atoms with Crippen LogP contribution < -0.4 is 9.46 Å². The lowest BCUT2D eigenvalue weighted by Crippen LogP contribution is -2.55. The Morgan fingerprint density at radius 2 is 1.62 bits per heavy atom. The van der Waals surface area contributed by atoms with Gasteiger partial charge in [0, 0.05) is 72.8 Å². The van der Waals surface area contributed by atoms with E-state index >= 15 is 0 Å². The molecule has 3 aromatic rings. The monoisotopic (exact) mass is 699 g/mol. The number of hydrogen-bond acceptors (Lipinski definition) is 6. The Kier molecular flexibility index (Phi) is 7.86. The molecule has 2 saturated carbocycles. The van der Waals surface area contributed by atoms with Crippen LogP contribution in [0.1, 0.15) is 104 Å². The summed E-state index contributed by atoms with van der Waals surface area (Å²) in [6.07, 6.45) is 11.4. The van der Waals surface area contributed by atoms with E-state index in [0.29, 0.717) is 43.2 Å². The second kappa shape index (κ2) is 12.1. The van der Waals surface area contributed by atoms with E-state index in [1.807, 2.05) is 18.2 Å². The molecular weight excluding hydrogens is 651 g/mol. The maximum absolute atomic E-state index is 14.9. The summed E-state index contributed by atoms with van der Waals surface area (Å²) < 4.78 is 38.3. The lowest BCUT2D eigenvalue weighted by Gasteiger charge is -2.40. The molecule has 0 radical (unpaired) electrons. The van der Waals surface area contributed by atoms with Gasteiger partial charge in [-0.2, -0.15) is 12.7 Å². The summed E-state index contributed by atoms with van der Waals surface area (Å²) >= 11 is 0. The molecule has 4 unspecified atom stereocenters. The number of nitrogens with zero attached hydrogens (tertiary/aromatic N) is 4. The standard InChI is InChI=1S/C39H49N5O5S/c1-41-27-12-13-28(41)23-42(22-27)38(46)39-21-33(39)32-20-29(49-2)14-16-30(32)36-35(25-9-5-3-6-10-25)31-15-11-26(19-34(31)44(36)24-39)37(45)40-50(47,48)43-17-7-4-8-18-43/h11,14-16,19-20,25,27-28,33H,3-10,12-13,17-18,21-24H2,1-2H3,(H,40,45). The number of aromatic nitrogens is 1. The molecule has 1 N–H and O–H groups in total. The Labute approximate surface area is 295 Å². The van der Waals surface area contributed by atoms with Crippen LogP contribution in [-0.4, -0.2) is 91.3 Å². The molecular formula is C39H49N5O5S. The van der Waals surface area contributed by atoms with Gasteiger partial charge in [-0.25, -0.2) is 4.72 Å². The van der Waals surface area contributed by atoms with Crippen LogP contribution >= 0.6 is 0 Å². The molecule has 2 aliphatic carbocycles. The largest absolute Gasteiger partial charge is 0.497 e. The fraction of sp³-hybridized carbons (Fsp3) is 0.590. The van der Waals surface area contributed by atoms with E-state index in [1.165, 1.54) is 34.7 Å². The fourth-order valence-corrected chi connectivity index (χ4v) is 11.6. The fourth-order valence-electron chi connectivity index (χ4n) is 10.4. The minimum atomic E-state index is -3.95. The zero-order valence-electron chi connectivity index (χ0n) is 29.3. The Hall–Kier alpha value is -3.41. The van der Waals surface area contributed by atoms with E-state index in [2.05, 4.69) is 38.3 Å². The number of hydrogen-bond donors (Lipinski definition) is 1. The molecule has 5 heterocycles.